The molecule has 20 heavy (non-hydrogen) atoms. The molecule has 1 aromatic carbocycles. The molecule has 1 aromatic heterocycles. The van der Waals surface area contributed by atoms with E-state index >= 15 is 0 Å². The number of ether oxygens (including phenoxy) is 1. The molecular weight excluding hydrogens is 275 g/mol. The summed E-state index contributed by atoms with van der Waals surface area (Å²) in [5.74, 6) is 0.403. The van der Waals surface area contributed by atoms with Gasteiger partial charge in [0.1, 0.15) is 23.2 Å². The number of benzene rings is 1. The van der Waals surface area contributed by atoms with E-state index in [4.69, 9.17) is 4.74 Å². The number of hydrogen-bond acceptors (Lipinski definition) is 4. The molecule has 108 valence electrons. The number of aromatic nitrogens is 1. The monoisotopic (exact) mass is 294 g/mol. The minimum Gasteiger partial charge on any atom is -0.486 e. The van der Waals surface area contributed by atoms with E-state index in [1.165, 1.54) is 17.0 Å². The summed E-state index contributed by atoms with van der Waals surface area (Å²) in [5.41, 5.74) is 1.13. The van der Waals surface area contributed by atoms with Gasteiger partial charge >= 0.3 is 0 Å². The lowest BCUT2D eigenvalue weighted by Crippen LogP contribution is -2.11. The summed E-state index contributed by atoms with van der Waals surface area (Å²) in [7, 11) is 0. The Balaban J connectivity index is 1.98. The molecule has 1 N–H and O–H groups in total. The highest BCUT2D eigenvalue weighted by Gasteiger charge is 2.09. The van der Waals surface area contributed by atoms with Crippen molar-refractivity contribution in [2.24, 2.45) is 0 Å². The second-order valence-electron chi connectivity index (χ2n) is 4.35. The summed E-state index contributed by atoms with van der Waals surface area (Å²) in [6, 6.07) is 6.04. The Hall–Kier alpha value is -1.46. The fourth-order valence-corrected chi connectivity index (χ4v) is 2.87. The second kappa shape index (κ2) is 7.36. The Morgan fingerprint density at radius 1 is 1.25 bits per heavy atom. The summed E-state index contributed by atoms with van der Waals surface area (Å²) >= 11 is 1.67. The molecule has 2 aromatic rings. The Morgan fingerprint density at radius 3 is 2.65 bits per heavy atom. The molecule has 0 fully saturated rings. The van der Waals surface area contributed by atoms with E-state index in [-0.39, 0.29) is 5.82 Å². The van der Waals surface area contributed by atoms with Crippen LogP contribution in [-0.2, 0) is 19.6 Å². The third-order valence-electron chi connectivity index (χ3n) is 2.87. The molecule has 0 saturated carbocycles. The highest BCUT2D eigenvalue weighted by atomic mass is 32.1. The molecule has 0 bridgehead atoms. The van der Waals surface area contributed by atoms with Gasteiger partial charge in [0.15, 0.2) is 0 Å². The maximum Gasteiger partial charge on any atom is 0.140 e. The first-order valence-electron chi connectivity index (χ1n) is 6.79. The zero-order valence-corrected chi connectivity index (χ0v) is 12.6. The van der Waals surface area contributed by atoms with Crippen LogP contribution in [0.25, 0.3) is 0 Å². The Kier molecular flexibility index (Phi) is 5.49. The van der Waals surface area contributed by atoms with Crippen molar-refractivity contribution in [1.82, 2.24) is 10.3 Å². The van der Waals surface area contributed by atoms with Gasteiger partial charge in [0.25, 0.3) is 0 Å². The van der Waals surface area contributed by atoms with Gasteiger partial charge in [0.2, 0.25) is 0 Å². The Labute approximate surface area is 122 Å². The molecule has 0 unspecified atom stereocenters. The summed E-state index contributed by atoms with van der Waals surface area (Å²) in [6.45, 7) is 6.42. The number of aryl methyl sites for hydroxylation is 1. The van der Waals surface area contributed by atoms with E-state index in [0.717, 1.165) is 30.2 Å². The minimum atomic E-state index is -0.257. The molecule has 3 nitrogen and oxygen atoms in total. The number of halogens is 1. The van der Waals surface area contributed by atoms with Crippen molar-refractivity contribution >= 4 is 11.3 Å². The quantitative estimate of drug-likeness (QED) is 0.848. The SMILES string of the molecule is CCNCc1sc(COc2ccc(F)cc2)nc1CC. The van der Waals surface area contributed by atoms with Crippen LogP contribution in [0.3, 0.4) is 0 Å². The number of nitrogens with zero attached hydrogens (tertiary/aromatic N) is 1. The predicted molar refractivity (Wildman–Crippen MR) is 79.6 cm³/mol. The molecule has 0 radical (unpaired) electrons. The van der Waals surface area contributed by atoms with Gasteiger partial charge < -0.3 is 10.1 Å². The van der Waals surface area contributed by atoms with Crippen molar-refractivity contribution in [1.29, 1.82) is 0 Å². The fraction of sp³-hybridized carbons (Fsp3) is 0.400. The van der Waals surface area contributed by atoms with Crippen LogP contribution >= 0.6 is 11.3 Å². The van der Waals surface area contributed by atoms with Gasteiger partial charge in [-0.2, -0.15) is 0 Å². The molecule has 0 spiro atoms. The van der Waals surface area contributed by atoms with Crippen molar-refractivity contribution in [2.75, 3.05) is 6.54 Å². The maximum absolute atomic E-state index is 12.8. The third kappa shape index (κ3) is 4.02. The lowest BCUT2D eigenvalue weighted by molar-refractivity contribution is 0.305. The van der Waals surface area contributed by atoms with Crippen molar-refractivity contribution in [3.8, 4) is 5.75 Å². The van der Waals surface area contributed by atoms with Crippen LogP contribution in [-0.4, -0.2) is 11.5 Å². The first kappa shape index (κ1) is 14.9. The van der Waals surface area contributed by atoms with Gasteiger partial charge in [-0.3, -0.25) is 0 Å². The largest absolute Gasteiger partial charge is 0.486 e. The molecule has 0 aliphatic rings. The summed E-state index contributed by atoms with van der Waals surface area (Å²) in [5, 5.41) is 4.28. The van der Waals surface area contributed by atoms with Gasteiger partial charge in [0.05, 0.1) is 5.69 Å². The molecule has 1 heterocycles. The third-order valence-corrected chi connectivity index (χ3v) is 3.94. The van der Waals surface area contributed by atoms with E-state index < -0.39 is 0 Å². The first-order chi connectivity index (χ1) is 9.72. The van der Waals surface area contributed by atoms with Gasteiger partial charge in [0, 0.05) is 11.4 Å². The van der Waals surface area contributed by atoms with Crippen LogP contribution < -0.4 is 10.1 Å². The van der Waals surface area contributed by atoms with E-state index in [2.05, 4.69) is 24.1 Å². The Bertz CT molecular complexity index is 539. The number of thiazole rings is 1. The highest BCUT2D eigenvalue weighted by molar-refractivity contribution is 7.11. The average molecular weight is 294 g/mol. The molecule has 0 aliphatic carbocycles. The van der Waals surface area contributed by atoms with Crippen LogP contribution in [0.1, 0.15) is 29.4 Å². The molecule has 0 saturated heterocycles. The maximum atomic E-state index is 12.8. The number of hydrogen-bond donors (Lipinski definition) is 1. The van der Waals surface area contributed by atoms with Gasteiger partial charge in [-0.15, -0.1) is 11.3 Å². The number of rotatable bonds is 7. The Morgan fingerprint density at radius 2 is 2.00 bits per heavy atom. The molecule has 0 amide bonds. The number of nitrogens with one attached hydrogen (secondary N) is 1. The zero-order valence-electron chi connectivity index (χ0n) is 11.8. The van der Waals surface area contributed by atoms with Crippen LogP contribution in [0.5, 0.6) is 5.75 Å². The highest BCUT2D eigenvalue weighted by Crippen LogP contribution is 2.21. The van der Waals surface area contributed by atoms with Crippen LogP contribution in [0.2, 0.25) is 0 Å². The minimum absolute atomic E-state index is 0.257. The topological polar surface area (TPSA) is 34.1 Å². The summed E-state index contributed by atoms with van der Waals surface area (Å²) in [4.78, 5) is 5.86. The van der Waals surface area contributed by atoms with Gasteiger partial charge in [-0.1, -0.05) is 13.8 Å². The van der Waals surface area contributed by atoms with Crippen molar-refractivity contribution < 1.29 is 9.13 Å². The smallest absolute Gasteiger partial charge is 0.140 e. The van der Waals surface area contributed by atoms with Crippen molar-refractivity contribution in [3.05, 3.63) is 45.7 Å². The van der Waals surface area contributed by atoms with Crippen molar-refractivity contribution in [2.45, 2.75) is 33.4 Å². The van der Waals surface area contributed by atoms with E-state index in [1.54, 1.807) is 23.5 Å². The van der Waals surface area contributed by atoms with Gasteiger partial charge in [-0.25, -0.2) is 9.37 Å². The van der Waals surface area contributed by atoms with Crippen LogP contribution in [0, 0.1) is 5.82 Å². The second-order valence-corrected chi connectivity index (χ2v) is 5.52. The lowest BCUT2D eigenvalue weighted by Gasteiger charge is -2.03. The normalized spacial score (nSPS) is 10.8. The van der Waals surface area contributed by atoms with Crippen LogP contribution in [0.4, 0.5) is 4.39 Å². The predicted octanol–water partition coefficient (Wildman–Crippen LogP) is 3.53. The molecular formula is C15H19FN2OS. The summed E-state index contributed by atoms with van der Waals surface area (Å²) in [6.07, 6.45) is 0.924. The molecule has 0 aliphatic heterocycles. The van der Waals surface area contributed by atoms with Gasteiger partial charge in [-0.05, 0) is 37.2 Å². The van der Waals surface area contributed by atoms with E-state index in [9.17, 15) is 4.39 Å². The van der Waals surface area contributed by atoms with Crippen molar-refractivity contribution in [3.63, 3.8) is 0 Å². The van der Waals surface area contributed by atoms with Crippen LogP contribution in [0.15, 0.2) is 24.3 Å². The van der Waals surface area contributed by atoms with E-state index in [1.807, 2.05) is 0 Å². The summed E-state index contributed by atoms with van der Waals surface area (Å²) < 4.78 is 18.4. The molecule has 5 heteroatoms. The molecule has 0 atom stereocenters. The van der Waals surface area contributed by atoms with E-state index in [0.29, 0.717) is 12.4 Å². The lowest BCUT2D eigenvalue weighted by atomic mass is 10.3. The zero-order chi connectivity index (χ0) is 14.4. The fourth-order valence-electron chi connectivity index (χ4n) is 1.83. The average Bonchev–Trinajstić information content (AvgIpc) is 2.87. The standard InChI is InChI=1S/C15H19FN2OS/c1-3-13-14(9-17-4-2)20-15(18-13)10-19-12-7-5-11(16)6-8-12/h5-8,17H,3-4,9-10H2,1-2H3. The molecule has 2 rings (SSSR count). The first-order valence-corrected chi connectivity index (χ1v) is 7.61.